The third-order valence-corrected chi connectivity index (χ3v) is 3.38. The molecule has 0 spiro atoms. The van der Waals surface area contributed by atoms with Crippen LogP contribution in [0.4, 0.5) is 5.82 Å². The molecule has 1 aromatic carbocycles. The first-order valence-electron chi connectivity index (χ1n) is 6.51. The number of hydrogen-bond donors (Lipinski definition) is 2. The van der Waals surface area contributed by atoms with E-state index in [0.717, 1.165) is 34.0 Å². The fourth-order valence-electron chi connectivity index (χ4n) is 2.41. The molecule has 2 aromatic heterocycles. The number of fused-ring (bicyclic) bond motifs is 1. The number of nitrogens with one attached hydrogen (secondary N) is 1. The lowest BCUT2D eigenvalue weighted by Crippen LogP contribution is -2.12. The van der Waals surface area contributed by atoms with E-state index in [1.807, 2.05) is 19.9 Å². The topological polar surface area (TPSA) is 68.2 Å². The van der Waals surface area contributed by atoms with Gasteiger partial charge in [-0.15, -0.1) is 0 Å². The van der Waals surface area contributed by atoms with Crippen molar-refractivity contribution in [2.75, 3.05) is 5.43 Å². The van der Waals surface area contributed by atoms with E-state index in [9.17, 15) is 0 Å². The van der Waals surface area contributed by atoms with Crippen molar-refractivity contribution in [3.05, 3.63) is 47.3 Å². The summed E-state index contributed by atoms with van der Waals surface area (Å²) in [6.45, 7) is 6.01. The molecule has 0 amide bonds. The molecule has 5 nitrogen and oxygen atoms in total. The van der Waals surface area contributed by atoms with Gasteiger partial charge in [0.1, 0.15) is 5.82 Å². The number of rotatable bonds is 2. The summed E-state index contributed by atoms with van der Waals surface area (Å²) in [7, 11) is 0. The molecule has 0 aliphatic carbocycles. The Balaban J connectivity index is 2.33. The molecule has 2 heterocycles. The average Bonchev–Trinajstić information content (AvgIpc) is 2.75. The van der Waals surface area contributed by atoms with Crippen LogP contribution in [0.3, 0.4) is 0 Å². The molecule has 3 rings (SSSR count). The SMILES string of the molecule is Cc1ccc(-c2c(C)nn3c(NN)cc(C)nc23)cc1. The van der Waals surface area contributed by atoms with E-state index in [2.05, 4.69) is 46.7 Å². The van der Waals surface area contributed by atoms with Crippen molar-refractivity contribution in [3.63, 3.8) is 0 Å². The third kappa shape index (κ3) is 1.92. The van der Waals surface area contributed by atoms with Gasteiger partial charge in [0.25, 0.3) is 0 Å². The monoisotopic (exact) mass is 267 g/mol. The summed E-state index contributed by atoms with van der Waals surface area (Å²) >= 11 is 0. The normalized spacial score (nSPS) is 11.0. The van der Waals surface area contributed by atoms with Crippen molar-refractivity contribution >= 4 is 11.5 Å². The number of hydrazine groups is 1. The summed E-state index contributed by atoms with van der Waals surface area (Å²) in [5, 5.41) is 4.54. The number of hydrogen-bond acceptors (Lipinski definition) is 4. The van der Waals surface area contributed by atoms with E-state index in [0.29, 0.717) is 0 Å². The van der Waals surface area contributed by atoms with E-state index in [1.165, 1.54) is 5.56 Å². The van der Waals surface area contributed by atoms with Gasteiger partial charge < -0.3 is 5.43 Å². The molecule has 0 saturated heterocycles. The molecule has 0 unspecified atom stereocenters. The van der Waals surface area contributed by atoms with Crippen LogP contribution in [0.1, 0.15) is 17.0 Å². The maximum atomic E-state index is 5.56. The van der Waals surface area contributed by atoms with Crippen molar-refractivity contribution in [2.45, 2.75) is 20.8 Å². The number of nitrogen functional groups attached to an aromatic ring is 1. The molecule has 5 heteroatoms. The zero-order valence-corrected chi connectivity index (χ0v) is 11.8. The summed E-state index contributed by atoms with van der Waals surface area (Å²) < 4.78 is 1.75. The van der Waals surface area contributed by atoms with Crippen molar-refractivity contribution in [1.29, 1.82) is 0 Å². The van der Waals surface area contributed by atoms with Crippen LogP contribution in [0.25, 0.3) is 16.8 Å². The fraction of sp³-hybridized carbons (Fsp3) is 0.200. The summed E-state index contributed by atoms with van der Waals surface area (Å²) in [6.07, 6.45) is 0. The van der Waals surface area contributed by atoms with Crippen molar-refractivity contribution < 1.29 is 0 Å². The Morgan fingerprint density at radius 2 is 1.80 bits per heavy atom. The lowest BCUT2D eigenvalue weighted by atomic mass is 10.0. The van der Waals surface area contributed by atoms with Gasteiger partial charge in [0.15, 0.2) is 5.65 Å². The Morgan fingerprint density at radius 1 is 1.10 bits per heavy atom. The van der Waals surface area contributed by atoms with Gasteiger partial charge in [-0.05, 0) is 26.3 Å². The maximum Gasteiger partial charge on any atom is 0.165 e. The molecule has 3 N–H and O–H groups in total. The highest BCUT2D eigenvalue weighted by Crippen LogP contribution is 2.29. The number of aryl methyl sites for hydroxylation is 3. The fourth-order valence-corrected chi connectivity index (χ4v) is 2.41. The molecular weight excluding hydrogens is 250 g/mol. The minimum Gasteiger partial charge on any atom is -0.308 e. The first-order chi connectivity index (χ1) is 9.60. The minimum atomic E-state index is 0.731. The van der Waals surface area contributed by atoms with Crippen molar-refractivity contribution in [2.24, 2.45) is 5.84 Å². The van der Waals surface area contributed by atoms with E-state index in [4.69, 9.17) is 5.84 Å². The van der Waals surface area contributed by atoms with Crippen LogP contribution >= 0.6 is 0 Å². The van der Waals surface area contributed by atoms with Crippen LogP contribution in [0.5, 0.6) is 0 Å². The second-order valence-electron chi connectivity index (χ2n) is 4.99. The Kier molecular flexibility index (Phi) is 2.91. The molecule has 3 aromatic rings. The van der Waals surface area contributed by atoms with Crippen LogP contribution in [-0.2, 0) is 0 Å². The first kappa shape index (κ1) is 12.6. The van der Waals surface area contributed by atoms with Crippen LogP contribution < -0.4 is 11.3 Å². The number of nitrogens with two attached hydrogens (primary N) is 1. The Labute approximate surface area is 117 Å². The maximum absolute atomic E-state index is 5.56. The standard InChI is InChI=1S/C15H17N5/c1-9-4-6-12(7-5-9)14-11(3)19-20-13(18-16)8-10(2)17-15(14)20/h4-8,18H,16H2,1-3H3. The van der Waals surface area contributed by atoms with Gasteiger partial charge in [-0.1, -0.05) is 29.8 Å². The van der Waals surface area contributed by atoms with Crippen LogP contribution in [0.15, 0.2) is 30.3 Å². The Hall–Kier alpha value is -2.40. The van der Waals surface area contributed by atoms with Gasteiger partial charge in [-0.25, -0.2) is 10.8 Å². The number of benzene rings is 1. The molecule has 0 fully saturated rings. The van der Waals surface area contributed by atoms with Crippen LogP contribution in [0, 0.1) is 20.8 Å². The highest BCUT2D eigenvalue weighted by Gasteiger charge is 2.15. The van der Waals surface area contributed by atoms with Gasteiger partial charge >= 0.3 is 0 Å². The molecule has 0 aliphatic heterocycles. The van der Waals surface area contributed by atoms with Gasteiger partial charge in [0.05, 0.1) is 5.69 Å². The van der Waals surface area contributed by atoms with Gasteiger partial charge in [0.2, 0.25) is 0 Å². The summed E-state index contributed by atoms with van der Waals surface area (Å²) in [4.78, 5) is 4.61. The lowest BCUT2D eigenvalue weighted by Gasteiger charge is -2.06. The van der Waals surface area contributed by atoms with Gasteiger partial charge in [-0.2, -0.15) is 9.61 Å². The minimum absolute atomic E-state index is 0.731. The number of nitrogens with zero attached hydrogens (tertiary/aromatic N) is 3. The quantitative estimate of drug-likeness (QED) is 0.553. The smallest absolute Gasteiger partial charge is 0.165 e. The molecule has 0 bridgehead atoms. The Bertz CT molecular complexity index is 771. The molecule has 0 saturated carbocycles. The predicted molar refractivity (Wildman–Crippen MR) is 80.4 cm³/mol. The van der Waals surface area contributed by atoms with Gasteiger partial charge in [0, 0.05) is 17.3 Å². The number of aromatic nitrogens is 3. The van der Waals surface area contributed by atoms with E-state index in [-0.39, 0.29) is 0 Å². The lowest BCUT2D eigenvalue weighted by molar-refractivity contribution is 0.908. The molecular formula is C15H17N5. The second kappa shape index (κ2) is 4.61. The third-order valence-electron chi connectivity index (χ3n) is 3.38. The largest absolute Gasteiger partial charge is 0.308 e. The van der Waals surface area contributed by atoms with Crippen LogP contribution in [0.2, 0.25) is 0 Å². The molecule has 102 valence electrons. The second-order valence-corrected chi connectivity index (χ2v) is 4.99. The highest BCUT2D eigenvalue weighted by atomic mass is 15.4. The average molecular weight is 267 g/mol. The Morgan fingerprint density at radius 3 is 2.45 bits per heavy atom. The van der Waals surface area contributed by atoms with E-state index >= 15 is 0 Å². The van der Waals surface area contributed by atoms with E-state index < -0.39 is 0 Å². The summed E-state index contributed by atoms with van der Waals surface area (Å²) in [5.74, 6) is 6.29. The molecule has 0 radical (unpaired) electrons. The predicted octanol–water partition coefficient (Wildman–Crippen LogP) is 2.61. The summed E-state index contributed by atoms with van der Waals surface area (Å²) in [6, 6.07) is 10.3. The van der Waals surface area contributed by atoms with Crippen molar-refractivity contribution in [3.8, 4) is 11.1 Å². The zero-order valence-electron chi connectivity index (χ0n) is 11.8. The van der Waals surface area contributed by atoms with Crippen molar-refractivity contribution in [1.82, 2.24) is 14.6 Å². The molecule has 20 heavy (non-hydrogen) atoms. The summed E-state index contributed by atoms with van der Waals surface area (Å²) in [5.41, 5.74) is 8.72. The molecule has 0 aliphatic rings. The van der Waals surface area contributed by atoms with E-state index in [1.54, 1.807) is 4.52 Å². The number of anilines is 1. The zero-order chi connectivity index (χ0) is 14.3. The van der Waals surface area contributed by atoms with Crippen LogP contribution in [-0.4, -0.2) is 14.6 Å². The molecule has 0 atom stereocenters. The van der Waals surface area contributed by atoms with Gasteiger partial charge in [-0.3, -0.25) is 0 Å². The first-order valence-corrected chi connectivity index (χ1v) is 6.51. The highest BCUT2D eigenvalue weighted by molar-refractivity contribution is 5.81.